The summed E-state index contributed by atoms with van der Waals surface area (Å²) in [5.74, 6) is 1.11. The number of hydrogen-bond donors (Lipinski definition) is 2. The zero-order valence-electron chi connectivity index (χ0n) is 16.3. The van der Waals surface area contributed by atoms with Gasteiger partial charge in [-0.3, -0.25) is 9.52 Å². The molecule has 3 aromatic carbocycles. The first-order chi connectivity index (χ1) is 15.3. The van der Waals surface area contributed by atoms with Gasteiger partial charge in [0.05, 0.1) is 20.6 Å². The van der Waals surface area contributed by atoms with E-state index < -0.39 is 10.0 Å². The van der Waals surface area contributed by atoms with Gasteiger partial charge in [0, 0.05) is 11.8 Å². The van der Waals surface area contributed by atoms with E-state index in [4.69, 9.17) is 37.4 Å². The number of sulfonamides is 1. The fourth-order valence-electron chi connectivity index (χ4n) is 2.81. The zero-order valence-corrected chi connectivity index (χ0v) is 18.6. The van der Waals surface area contributed by atoms with Crippen molar-refractivity contribution in [1.29, 1.82) is 0 Å². The van der Waals surface area contributed by atoms with Gasteiger partial charge in [-0.1, -0.05) is 23.2 Å². The average molecular weight is 495 g/mol. The van der Waals surface area contributed by atoms with Gasteiger partial charge in [-0.15, -0.1) is 0 Å². The van der Waals surface area contributed by atoms with Crippen molar-refractivity contribution in [2.24, 2.45) is 0 Å². The standard InChI is InChI=1S/C21H16Cl2N2O6S/c22-17-7-1-14(9-18(17)23)25-32(27,28)16-5-3-15(4-6-16)29-11-21(26)24-13-2-8-19-20(10-13)31-12-30-19/h1-10,25H,11-12H2,(H,24,26). The van der Waals surface area contributed by atoms with E-state index in [0.29, 0.717) is 28.0 Å². The van der Waals surface area contributed by atoms with Crippen LogP contribution >= 0.6 is 23.2 Å². The predicted octanol–water partition coefficient (Wildman–Crippen LogP) is 4.54. The van der Waals surface area contributed by atoms with E-state index in [-0.39, 0.29) is 34.9 Å². The van der Waals surface area contributed by atoms with Crippen molar-refractivity contribution in [2.75, 3.05) is 23.4 Å². The molecule has 8 nitrogen and oxygen atoms in total. The highest BCUT2D eigenvalue weighted by molar-refractivity contribution is 7.92. The van der Waals surface area contributed by atoms with Crippen molar-refractivity contribution < 1.29 is 27.4 Å². The number of halogens is 2. The van der Waals surface area contributed by atoms with Crippen LogP contribution in [-0.2, 0) is 14.8 Å². The monoisotopic (exact) mass is 494 g/mol. The Morgan fingerprint density at radius 1 is 0.906 bits per heavy atom. The molecular formula is C21H16Cl2N2O6S. The largest absolute Gasteiger partial charge is 0.484 e. The maximum atomic E-state index is 12.5. The maximum Gasteiger partial charge on any atom is 0.262 e. The van der Waals surface area contributed by atoms with Crippen molar-refractivity contribution in [2.45, 2.75) is 4.90 Å². The van der Waals surface area contributed by atoms with Crippen LogP contribution in [0.15, 0.2) is 65.6 Å². The lowest BCUT2D eigenvalue weighted by Crippen LogP contribution is -2.20. The van der Waals surface area contributed by atoms with Crippen molar-refractivity contribution in [1.82, 2.24) is 0 Å². The fourth-order valence-corrected chi connectivity index (χ4v) is 4.16. The molecule has 0 spiro atoms. The molecule has 0 aromatic heterocycles. The van der Waals surface area contributed by atoms with Gasteiger partial charge >= 0.3 is 0 Å². The number of benzene rings is 3. The summed E-state index contributed by atoms with van der Waals surface area (Å²) in [4.78, 5) is 12.1. The Morgan fingerprint density at radius 3 is 2.38 bits per heavy atom. The van der Waals surface area contributed by atoms with E-state index in [1.807, 2.05) is 0 Å². The molecular weight excluding hydrogens is 479 g/mol. The number of nitrogens with one attached hydrogen (secondary N) is 2. The van der Waals surface area contributed by atoms with Gasteiger partial charge < -0.3 is 19.5 Å². The van der Waals surface area contributed by atoms with E-state index in [1.165, 1.54) is 42.5 Å². The lowest BCUT2D eigenvalue weighted by molar-refractivity contribution is -0.118. The molecule has 2 N–H and O–H groups in total. The first-order valence-electron chi connectivity index (χ1n) is 9.20. The molecule has 0 saturated carbocycles. The summed E-state index contributed by atoms with van der Waals surface area (Å²) in [6, 6.07) is 15.1. The molecule has 1 heterocycles. The molecule has 1 amide bonds. The molecule has 166 valence electrons. The second-order valence-corrected chi connectivity index (χ2v) is 9.11. The summed E-state index contributed by atoms with van der Waals surface area (Å²) < 4.78 is 43.4. The van der Waals surface area contributed by atoms with Gasteiger partial charge in [0.25, 0.3) is 15.9 Å². The third-order valence-electron chi connectivity index (χ3n) is 4.33. The van der Waals surface area contributed by atoms with Gasteiger partial charge in [0.15, 0.2) is 18.1 Å². The summed E-state index contributed by atoms with van der Waals surface area (Å²) >= 11 is 11.8. The number of fused-ring (bicyclic) bond motifs is 1. The van der Waals surface area contributed by atoms with Crippen LogP contribution in [0.2, 0.25) is 10.0 Å². The molecule has 32 heavy (non-hydrogen) atoms. The molecule has 0 radical (unpaired) electrons. The highest BCUT2D eigenvalue weighted by Crippen LogP contribution is 2.34. The normalized spacial score (nSPS) is 12.3. The third kappa shape index (κ3) is 5.18. The van der Waals surface area contributed by atoms with Gasteiger partial charge in [0.1, 0.15) is 5.75 Å². The lowest BCUT2D eigenvalue weighted by Gasteiger charge is -2.11. The highest BCUT2D eigenvalue weighted by Gasteiger charge is 2.16. The molecule has 0 unspecified atom stereocenters. The lowest BCUT2D eigenvalue weighted by atomic mass is 10.3. The predicted molar refractivity (Wildman–Crippen MR) is 120 cm³/mol. The molecule has 11 heteroatoms. The van der Waals surface area contributed by atoms with Crippen molar-refractivity contribution >= 4 is 50.5 Å². The fraction of sp³-hybridized carbons (Fsp3) is 0.0952. The summed E-state index contributed by atoms with van der Waals surface area (Å²) in [7, 11) is -3.85. The average Bonchev–Trinajstić information content (AvgIpc) is 3.23. The molecule has 1 aliphatic heterocycles. The van der Waals surface area contributed by atoms with Crippen LogP contribution < -0.4 is 24.2 Å². The van der Waals surface area contributed by atoms with Crippen LogP contribution in [-0.4, -0.2) is 27.7 Å². The molecule has 0 aliphatic carbocycles. The van der Waals surface area contributed by atoms with E-state index in [2.05, 4.69) is 10.0 Å². The molecule has 0 bridgehead atoms. The maximum absolute atomic E-state index is 12.5. The number of rotatable bonds is 7. The Morgan fingerprint density at radius 2 is 1.62 bits per heavy atom. The van der Waals surface area contributed by atoms with Crippen molar-refractivity contribution in [3.63, 3.8) is 0 Å². The first-order valence-corrected chi connectivity index (χ1v) is 11.4. The number of amides is 1. The quantitative estimate of drug-likeness (QED) is 0.499. The smallest absolute Gasteiger partial charge is 0.262 e. The minimum Gasteiger partial charge on any atom is -0.484 e. The van der Waals surface area contributed by atoms with Gasteiger partial charge in [0.2, 0.25) is 6.79 Å². The number of ether oxygens (including phenoxy) is 3. The second-order valence-electron chi connectivity index (χ2n) is 6.61. The molecule has 4 rings (SSSR count). The second kappa shape index (κ2) is 9.15. The molecule has 0 atom stereocenters. The first kappa shape index (κ1) is 22.1. The van der Waals surface area contributed by atoms with Gasteiger partial charge in [-0.05, 0) is 54.6 Å². The van der Waals surface area contributed by atoms with Gasteiger partial charge in [-0.25, -0.2) is 8.42 Å². The molecule has 1 aliphatic rings. The number of anilines is 2. The van der Waals surface area contributed by atoms with Crippen LogP contribution in [0.3, 0.4) is 0 Å². The van der Waals surface area contributed by atoms with Crippen LogP contribution in [0.25, 0.3) is 0 Å². The third-order valence-corrected chi connectivity index (χ3v) is 6.47. The highest BCUT2D eigenvalue weighted by atomic mass is 35.5. The Balaban J connectivity index is 1.33. The van der Waals surface area contributed by atoms with Crippen molar-refractivity contribution in [3.05, 3.63) is 70.7 Å². The number of carbonyl (C=O) groups excluding carboxylic acids is 1. The Bertz CT molecular complexity index is 1270. The Kier molecular flexibility index (Phi) is 6.31. The summed E-state index contributed by atoms with van der Waals surface area (Å²) in [6.45, 7) is -0.118. The summed E-state index contributed by atoms with van der Waals surface area (Å²) in [5, 5.41) is 3.24. The minimum atomic E-state index is -3.85. The Hall–Kier alpha value is -3.14. The summed E-state index contributed by atoms with van der Waals surface area (Å²) in [6.07, 6.45) is 0. The number of carbonyl (C=O) groups is 1. The topological polar surface area (TPSA) is 103 Å². The van der Waals surface area contributed by atoms with Gasteiger partial charge in [-0.2, -0.15) is 0 Å². The molecule has 0 saturated heterocycles. The van der Waals surface area contributed by atoms with E-state index in [0.717, 1.165) is 0 Å². The van der Waals surface area contributed by atoms with Crippen LogP contribution in [0.4, 0.5) is 11.4 Å². The van der Waals surface area contributed by atoms with E-state index >= 15 is 0 Å². The molecule has 3 aromatic rings. The van der Waals surface area contributed by atoms with Crippen LogP contribution in [0.5, 0.6) is 17.2 Å². The van der Waals surface area contributed by atoms with E-state index in [9.17, 15) is 13.2 Å². The SMILES string of the molecule is O=C(COc1ccc(S(=O)(=O)Nc2ccc(Cl)c(Cl)c2)cc1)Nc1ccc2c(c1)OCO2. The minimum absolute atomic E-state index is 0.0146. The van der Waals surface area contributed by atoms with Crippen LogP contribution in [0, 0.1) is 0 Å². The Labute approximate surface area is 194 Å². The molecule has 0 fully saturated rings. The summed E-state index contributed by atoms with van der Waals surface area (Å²) in [5.41, 5.74) is 0.817. The van der Waals surface area contributed by atoms with E-state index in [1.54, 1.807) is 18.2 Å². The zero-order chi connectivity index (χ0) is 22.7. The van der Waals surface area contributed by atoms with Crippen LogP contribution in [0.1, 0.15) is 0 Å². The number of hydrogen-bond acceptors (Lipinski definition) is 6. The van der Waals surface area contributed by atoms with Crippen molar-refractivity contribution in [3.8, 4) is 17.2 Å².